The molecule has 0 spiro atoms. The van der Waals surface area contributed by atoms with Gasteiger partial charge in [0.25, 0.3) is 0 Å². The minimum absolute atomic E-state index is 0.0373. The number of esters is 1. The number of ether oxygens (including phenoxy) is 2. The Bertz CT molecular complexity index is 1320. The molecule has 0 fully saturated rings. The number of unbranched alkanes of at least 4 members (excludes halogenated alkanes) is 1. The summed E-state index contributed by atoms with van der Waals surface area (Å²) in [4.78, 5) is 25.5. The number of amides is 1. The van der Waals surface area contributed by atoms with E-state index >= 15 is 0 Å². The minimum Gasteiger partial charge on any atom is -0.494 e. The van der Waals surface area contributed by atoms with Crippen LogP contribution in [0.3, 0.4) is 0 Å². The van der Waals surface area contributed by atoms with Gasteiger partial charge in [-0.3, -0.25) is 4.79 Å². The van der Waals surface area contributed by atoms with Gasteiger partial charge in [0.2, 0.25) is 15.9 Å². The summed E-state index contributed by atoms with van der Waals surface area (Å²) in [6.45, 7) is 6.44. The van der Waals surface area contributed by atoms with Gasteiger partial charge in [0.1, 0.15) is 11.8 Å². The fourth-order valence-corrected chi connectivity index (χ4v) is 4.99. The quantitative estimate of drug-likeness (QED) is 0.237. The van der Waals surface area contributed by atoms with E-state index in [0.29, 0.717) is 35.8 Å². The van der Waals surface area contributed by atoms with Gasteiger partial charge < -0.3 is 14.8 Å². The maximum absolute atomic E-state index is 13.3. The van der Waals surface area contributed by atoms with E-state index in [1.54, 1.807) is 37.3 Å². The fourth-order valence-electron chi connectivity index (χ4n) is 3.71. The summed E-state index contributed by atoms with van der Waals surface area (Å²) in [5, 5.41) is 2.75. The van der Waals surface area contributed by atoms with Gasteiger partial charge in [-0.25, -0.2) is 13.2 Å². The second-order valence-corrected chi connectivity index (χ2v) is 10.5. The minimum atomic E-state index is -4.03. The number of hydrogen-bond acceptors (Lipinski definition) is 6. The zero-order valence-electron chi connectivity index (χ0n) is 21.9. The normalized spacial score (nSPS) is 12.0. The van der Waals surface area contributed by atoms with E-state index in [-0.39, 0.29) is 11.3 Å². The molecule has 0 saturated heterocycles. The average molecular weight is 539 g/mol. The first-order valence-electron chi connectivity index (χ1n) is 12.6. The van der Waals surface area contributed by atoms with Crippen LogP contribution in [0.15, 0.2) is 77.7 Å². The number of sulfonamides is 1. The molecule has 1 unspecified atom stereocenters. The molecule has 3 rings (SSSR count). The summed E-state index contributed by atoms with van der Waals surface area (Å²) in [6, 6.07) is 18.9. The number of hydrogen-bond donors (Lipinski definition) is 2. The number of nitrogens with one attached hydrogen (secondary N) is 2. The van der Waals surface area contributed by atoms with Crippen molar-refractivity contribution < 1.29 is 27.5 Å². The van der Waals surface area contributed by atoms with Gasteiger partial charge in [-0.05, 0) is 80.3 Å². The summed E-state index contributed by atoms with van der Waals surface area (Å²) < 4.78 is 39.8. The van der Waals surface area contributed by atoms with Crippen LogP contribution in [-0.2, 0) is 26.0 Å². The molecule has 202 valence electrons. The molecular weight excluding hydrogens is 504 g/mol. The van der Waals surface area contributed by atoms with E-state index in [9.17, 15) is 18.0 Å². The molecule has 8 nitrogen and oxygen atoms in total. The molecule has 3 aromatic rings. The van der Waals surface area contributed by atoms with Crippen LogP contribution in [0.2, 0.25) is 0 Å². The summed E-state index contributed by atoms with van der Waals surface area (Å²) >= 11 is 0. The lowest BCUT2D eigenvalue weighted by Crippen LogP contribution is -2.45. The van der Waals surface area contributed by atoms with Crippen molar-refractivity contribution in [3.8, 4) is 5.75 Å². The zero-order chi connectivity index (χ0) is 27.5. The van der Waals surface area contributed by atoms with E-state index in [2.05, 4.69) is 10.0 Å². The summed E-state index contributed by atoms with van der Waals surface area (Å²) in [7, 11) is -4.03. The topological polar surface area (TPSA) is 111 Å². The zero-order valence-corrected chi connectivity index (χ0v) is 22.7. The molecule has 0 aliphatic heterocycles. The second-order valence-electron chi connectivity index (χ2n) is 8.78. The molecule has 3 aromatic carbocycles. The highest BCUT2D eigenvalue weighted by atomic mass is 32.2. The Kier molecular flexibility index (Phi) is 10.4. The third-order valence-corrected chi connectivity index (χ3v) is 7.24. The van der Waals surface area contributed by atoms with Gasteiger partial charge in [-0.2, -0.15) is 4.72 Å². The maximum atomic E-state index is 13.3. The molecule has 9 heteroatoms. The number of anilines is 1. The molecule has 0 aliphatic rings. The van der Waals surface area contributed by atoms with Crippen LogP contribution >= 0.6 is 0 Å². The van der Waals surface area contributed by atoms with Gasteiger partial charge >= 0.3 is 5.97 Å². The van der Waals surface area contributed by atoms with Gasteiger partial charge in [0.05, 0.1) is 23.7 Å². The van der Waals surface area contributed by atoms with Gasteiger partial charge in [0.15, 0.2) is 0 Å². The Morgan fingerprint density at radius 1 is 0.947 bits per heavy atom. The third kappa shape index (κ3) is 8.16. The summed E-state index contributed by atoms with van der Waals surface area (Å²) in [5.74, 6) is -0.363. The van der Waals surface area contributed by atoms with E-state index < -0.39 is 27.9 Å². The van der Waals surface area contributed by atoms with Gasteiger partial charge in [-0.1, -0.05) is 43.7 Å². The smallest absolute Gasteiger partial charge is 0.338 e. The average Bonchev–Trinajstić information content (AvgIpc) is 2.90. The van der Waals surface area contributed by atoms with Crippen molar-refractivity contribution >= 4 is 27.6 Å². The number of aryl methyl sites for hydroxylation is 1. The number of carbonyl (C=O) groups is 2. The largest absolute Gasteiger partial charge is 0.494 e. The van der Waals surface area contributed by atoms with E-state index in [1.165, 1.54) is 12.1 Å². The highest BCUT2D eigenvalue weighted by molar-refractivity contribution is 7.89. The lowest BCUT2D eigenvalue weighted by atomic mass is 10.1. The lowest BCUT2D eigenvalue weighted by Gasteiger charge is -2.19. The highest BCUT2D eigenvalue weighted by Crippen LogP contribution is 2.22. The molecule has 1 amide bonds. The highest BCUT2D eigenvalue weighted by Gasteiger charge is 2.27. The van der Waals surface area contributed by atoms with E-state index in [1.807, 2.05) is 44.2 Å². The van der Waals surface area contributed by atoms with Crippen LogP contribution in [0.1, 0.15) is 48.2 Å². The number of benzene rings is 3. The van der Waals surface area contributed by atoms with Gasteiger partial charge in [0, 0.05) is 5.69 Å². The number of carbonyl (C=O) groups excluding carboxylic acids is 2. The van der Waals surface area contributed by atoms with E-state index in [0.717, 1.165) is 18.4 Å². The molecule has 0 aliphatic carbocycles. The second kappa shape index (κ2) is 13.7. The first kappa shape index (κ1) is 28.9. The Labute approximate surface area is 224 Å². The molecule has 0 bridgehead atoms. The monoisotopic (exact) mass is 538 g/mol. The molecule has 0 radical (unpaired) electrons. The van der Waals surface area contributed by atoms with Crippen molar-refractivity contribution in [3.05, 3.63) is 89.5 Å². The van der Waals surface area contributed by atoms with Crippen LogP contribution in [0.4, 0.5) is 5.69 Å². The predicted octanol–water partition coefficient (Wildman–Crippen LogP) is 4.88. The Morgan fingerprint density at radius 2 is 1.66 bits per heavy atom. The number of rotatable bonds is 13. The molecule has 0 saturated carbocycles. The van der Waals surface area contributed by atoms with Crippen molar-refractivity contribution in [2.75, 3.05) is 18.5 Å². The van der Waals surface area contributed by atoms with Gasteiger partial charge in [-0.15, -0.1) is 0 Å². The molecule has 38 heavy (non-hydrogen) atoms. The Balaban J connectivity index is 1.78. The van der Waals surface area contributed by atoms with Crippen LogP contribution in [0.5, 0.6) is 5.75 Å². The third-order valence-electron chi connectivity index (χ3n) is 5.77. The van der Waals surface area contributed by atoms with Crippen LogP contribution in [0.25, 0.3) is 0 Å². The van der Waals surface area contributed by atoms with Crippen LogP contribution in [-0.4, -0.2) is 39.5 Å². The van der Waals surface area contributed by atoms with Crippen LogP contribution < -0.4 is 14.8 Å². The predicted molar refractivity (Wildman–Crippen MR) is 147 cm³/mol. The summed E-state index contributed by atoms with van der Waals surface area (Å²) in [6.07, 6.45) is 1.85. The Hall–Kier alpha value is -3.69. The summed E-state index contributed by atoms with van der Waals surface area (Å²) in [5.41, 5.74) is 2.26. The molecular formula is C29H34N2O6S. The van der Waals surface area contributed by atoms with Crippen LogP contribution in [0, 0.1) is 6.92 Å². The first-order valence-corrected chi connectivity index (χ1v) is 14.1. The molecule has 0 aromatic heterocycles. The van der Waals surface area contributed by atoms with Crippen molar-refractivity contribution in [2.24, 2.45) is 0 Å². The molecule has 0 heterocycles. The van der Waals surface area contributed by atoms with Crippen molar-refractivity contribution in [2.45, 2.75) is 51.0 Å². The molecule has 2 N–H and O–H groups in total. The van der Waals surface area contributed by atoms with Crippen molar-refractivity contribution in [1.29, 1.82) is 0 Å². The van der Waals surface area contributed by atoms with E-state index in [4.69, 9.17) is 9.47 Å². The lowest BCUT2D eigenvalue weighted by molar-refractivity contribution is -0.117. The first-order chi connectivity index (χ1) is 18.2. The Morgan fingerprint density at radius 3 is 2.29 bits per heavy atom. The van der Waals surface area contributed by atoms with Crippen molar-refractivity contribution in [1.82, 2.24) is 4.72 Å². The molecule has 1 atom stereocenters. The standard InChI is InChI=1S/C29H34N2O6S/c1-4-6-18-37-29(33)23-12-14-24(15-13-23)30-28(32)26(20-22-10-8-7-9-11-22)31-38(34,35)25-16-17-27(36-5-2)21(3)19-25/h7-17,19,26,31H,4-6,18,20H2,1-3H3,(H,30,32). The maximum Gasteiger partial charge on any atom is 0.338 e. The SMILES string of the molecule is CCCCOC(=O)c1ccc(NC(=O)C(Cc2ccccc2)NS(=O)(=O)c2ccc(OCC)c(C)c2)cc1. The van der Waals surface area contributed by atoms with Crippen molar-refractivity contribution in [3.63, 3.8) is 0 Å². The fraction of sp³-hybridized carbons (Fsp3) is 0.310.